The highest BCUT2D eigenvalue weighted by Gasteiger charge is 2.17. The van der Waals surface area contributed by atoms with Crippen molar-refractivity contribution >= 4 is 5.69 Å². The molecule has 0 saturated carbocycles. The highest BCUT2D eigenvalue weighted by atomic mass is 16.6. The second kappa shape index (κ2) is 7.09. The maximum atomic E-state index is 10.9. The summed E-state index contributed by atoms with van der Waals surface area (Å²) < 4.78 is 5.47. The first kappa shape index (κ1) is 15.4. The van der Waals surface area contributed by atoms with E-state index in [1.807, 2.05) is 20.8 Å². The van der Waals surface area contributed by atoms with Crippen LogP contribution in [0.2, 0.25) is 0 Å². The Kier molecular flexibility index (Phi) is 5.76. The van der Waals surface area contributed by atoms with Crippen molar-refractivity contribution in [3.63, 3.8) is 0 Å². The summed E-state index contributed by atoms with van der Waals surface area (Å²) in [6, 6.07) is 4.76. The highest BCUT2D eigenvalue weighted by molar-refractivity contribution is 5.48. The average Bonchev–Trinajstić information content (AvgIpc) is 2.28. The molecule has 1 N–H and O–H groups in total. The lowest BCUT2D eigenvalue weighted by Crippen LogP contribution is -2.11. The van der Waals surface area contributed by atoms with Crippen LogP contribution in [0.1, 0.15) is 39.2 Å². The third kappa shape index (κ3) is 4.87. The summed E-state index contributed by atoms with van der Waals surface area (Å²) in [7, 11) is 0. The number of nitro benzene ring substituents is 1. The number of aliphatic hydroxyl groups excluding tert-OH is 1. The molecular weight excluding hydrogens is 246 g/mol. The standard InChI is InChI=1S/C14H21NO4/c1-4-5-12(16)8-11-6-7-13(15(17)18)14(9-11)19-10(2)3/h6-7,9-10,12,16H,4-5,8H2,1-3H3. The fraction of sp³-hybridized carbons (Fsp3) is 0.571. The van der Waals surface area contributed by atoms with Gasteiger partial charge in [0.2, 0.25) is 0 Å². The molecule has 5 heteroatoms. The fourth-order valence-electron chi connectivity index (χ4n) is 1.89. The van der Waals surface area contributed by atoms with E-state index in [2.05, 4.69) is 0 Å². The van der Waals surface area contributed by atoms with Crippen molar-refractivity contribution in [2.75, 3.05) is 0 Å². The van der Waals surface area contributed by atoms with Crippen LogP contribution in [-0.4, -0.2) is 22.2 Å². The molecule has 1 unspecified atom stereocenters. The molecule has 0 fully saturated rings. The van der Waals surface area contributed by atoms with Gasteiger partial charge in [-0.25, -0.2) is 0 Å². The zero-order valence-electron chi connectivity index (χ0n) is 11.6. The van der Waals surface area contributed by atoms with Gasteiger partial charge in [0, 0.05) is 6.07 Å². The number of nitro groups is 1. The monoisotopic (exact) mass is 267 g/mol. The summed E-state index contributed by atoms with van der Waals surface area (Å²) in [6.45, 7) is 5.65. The predicted molar refractivity (Wildman–Crippen MR) is 73.5 cm³/mol. The number of aliphatic hydroxyl groups is 1. The van der Waals surface area contributed by atoms with Crippen LogP contribution in [0.5, 0.6) is 5.75 Å². The average molecular weight is 267 g/mol. The third-order valence-electron chi connectivity index (χ3n) is 2.68. The van der Waals surface area contributed by atoms with Crippen LogP contribution in [0.4, 0.5) is 5.69 Å². The Morgan fingerprint density at radius 2 is 2.11 bits per heavy atom. The molecule has 0 spiro atoms. The van der Waals surface area contributed by atoms with Crippen molar-refractivity contribution in [2.45, 2.75) is 52.2 Å². The first-order valence-corrected chi connectivity index (χ1v) is 6.56. The number of hydrogen-bond donors (Lipinski definition) is 1. The van der Waals surface area contributed by atoms with Gasteiger partial charge in [0.1, 0.15) is 0 Å². The highest BCUT2D eigenvalue weighted by Crippen LogP contribution is 2.29. The van der Waals surface area contributed by atoms with Crippen LogP contribution in [-0.2, 0) is 6.42 Å². The molecule has 1 atom stereocenters. The topological polar surface area (TPSA) is 72.6 Å². The van der Waals surface area contributed by atoms with Crippen LogP contribution < -0.4 is 4.74 Å². The molecule has 0 saturated heterocycles. The molecule has 5 nitrogen and oxygen atoms in total. The van der Waals surface area contributed by atoms with Crippen molar-refractivity contribution in [2.24, 2.45) is 0 Å². The van der Waals surface area contributed by atoms with Gasteiger partial charge in [-0.1, -0.05) is 19.4 Å². The van der Waals surface area contributed by atoms with E-state index in [0.29, 0.717) is 6.42 Å². The number of ether oxygens (including phenoxy) is 1. The molecule has 0 bridgehead atoms. The van der Waals surface area contributed by atoms with Crippen molar-refractivity contribution in [3.8, 4) is 5.75 Å². The molecule has 0 aliphatic heterocycles. The predicted octanol–water partition coefficient (Wildman–Crippen LogP) is 3.09. The molecule has 106 valence electrons. The Balaban J connectivity index is 2.94. The summed E-state index contributed by atoms with van der Waals surface area (Å²) in [5.41, 5.74) is 0.810. The Morgan fingerprint density at radius 1 is 1.42 bits per heavy atom. The number of benzene rings is 1. The van der Waals surface area contributed by atoms with Gasteiger partial charge < -0.3 is 9.84 Å². The number of hydrogen-bond acceptors (Lipinski definition) is 4. The largest absolute Gasteiger partial charge is 0.484 e. The number of rotatable bonds is 7. The molecule has 0 aliphatic carbocycles. The Bertz CT molecular complexity index is 431. The Labute approximate surface area is 113 Å². The molecule has 1 rings (SSSR count). The van der Waals surface area contributed by atoms with Gasteiger partial charge >= 0.3 is 5.69 Å². The smallest absolute Gasteiger partial charge is 0.310 e. The lowest BCUT2D eigenvalue weighted by molar-refractivity contribution is -0.386. The van der Waals surface area contributed by atoms with Gasteiger partial charge in [-0.3, -0.25) is 10.1 Å². The minimum Gasteiger partial charge on any atom is -0.484 e. The number of nitrogens with zero attached hydrogens (tertiary/aromatic N) is 1. The second-order valence-corrected chi connectivity index (χ2v) is 4.87. The summed E-state index contributed by atoms with van der Waals surface area (Å²) in [5.74, 6) is 0.265. The van der Waals surface area contributed by atoms with Gasteiger partial charge in [-0.05, 0) is 38.3 Å². The quantitative estimate of drug-likeness (QED) is 0.608. The van der Waals surface area contributed by atoms with Gasteiger partial charge in [0.25, 0.3) is 0 Å². The summed E-state index contributed by atoms with van der Waals surface area (Å²) in [6.07, 6.45) is 1.56. The molecule has 19 heavy (non-hydrogen) atoms. The zero-order chi connectivity index (χ0) is 14.4. The molecule has 1 aromatic rings. The van der Waals surface area contributed by atoms with Crippen LogP contribution in [0.3, 0.4) is 0 Å². The van der Waals surface area contributed by atoms with E-state index in [1.165, 1.54) is 6.07 Å². The van der Waals surface area contributed by atoms with Crippen LogP contribution in [0, 0.1) is 10.1 Å². The maximum Gasteiger partial charge on any atom is 0.310 e. The van der Waals surface area contributed by atoms with Gasteiger partial charge in [-0.15, -0.1) is 0 Å². The maximum absolute atomic E-state index is 10.9. The molecule has 1 aromatic carbocycles. The summed E-state index contributed by atoms with van der Waals surface area (Å²) >= 11 is 0. The second-order valence-electron chi connectivity index (χ2n) is 4.87. The minimum absolute atomic E-state index is 0.0394. The van der Waals surface area contributed by atoms with Crippen LogP contribution in [0.15, 0.2) is 18.2 Å². The Morgan fingerprint density at radius 3 is 2.63 bits per heavy atom. The first-order valence-electron chi connectivity index (χ1n) is 6.56. The minimum atomic E-state index is -0.454. The Hall–Kier alpha value is -1.62. The summed E-state index contributed by atoms with van der Waals surface area (Å²) in [4.78, 5) is 10.5. The van der Waals surface area contributed by atoms with Crippen molar-refractivity contribution in [1.29, 1.82) is 0 Å². The molecule has 0 radical (unpaired) electrons. The van der Waals surface area contributed by atoms with Crippen LogP contribution >= 0.6 is 0 Å². The van der Waals surface area contributed by atoms with Gasteiger partial charge in [-0.2, -0.15) is 0 Å². The van der Waals surface area contributed by atoms with E-state index in [0.717, 1.165) is 18.4 Å². The van der Waals surface area contributed by atoms with E-state index in [9.17, 15) is 15.2 Å². The lowest BCUT2D eigenvalue weighted by atomic mass is 10.0. The van der Waals surface area contributed by atoms with Crippen molar-refractivity contribution < 1.29 is 14.8 Å². The zero-order valence-corrected chi connectivity index (χ0v) is 11.6. The molecular formula is C14H21NO4. The van der Waals surface area contributed by atoms with Crippen LogP contribution in [0.25, 0.3) is 0 Å². The third-order valence-corrected chi connectivity index (χ3v) is 2.68. The van der Waals surface area contributed by atoms with E-state index in [1.54, 1.807) is 12.1 Å². The normalized spacial score (nSPS) is 12.5. The van der Waals surface area contributed by atoms with Crippen molar-refractivity contribution in [3.05, 3.63) is 33.9 Å². The van der Waals surface area contributed by atoms with Gasteiger partial charge in [0.15, 0.2) is 5.75 Å². The lowest BCUT2D eigenvalue weighted by Gasteiger charge is -2.13. The fourth-order valence-corrected chi connectivity index (χ4v) is 1.89. The molecule has 0 aliphatic rings. The first-order chi connectivity index (χ1) is 8.93. The van der Waals surface area contributed by atoms with E-state index in [4.69, 9.17) is 4.74 Å². The molecule has 0 aromatic heterocycles. The van der Waals surface area contributed by atoms with E-state index in [-0.39, 0.29) is 17.5 Å². The van der Waals surface area contributed by atoms with Gasteiger partial charge in [0.05, 0.1) is 17.1 Å². The summed E-state index contributed by atoms with van der Waals surface area (Å²) in [5, 5.41) is 20.7. The van der Waals surface area contributed by atoms with E-state index >= 15 is 0 Å². The van der Waals surface area contributed by atoms with Crippen molar-refractivity contribution in [1.82, 2.24) is 0 Å². The molecule has 0 amide bonds. The SMILES string of the molecule is CCCC(O)Cc1ccc([N+](=O)[O-])c(OC(C)C)c1. The van der Waals surface area contributed by atoms with E-state index < -0.39 is 11.0 Å². The molecule has 0 heterocycles.